The summed E-state index contributed by atoms with van der Waals surface area (Å²) in [6.45, 7) is 14.0. The highest BCUT2D eigenvalue weighted by molar-refractivity contribution is 6.14. The molecule has 0 fully saturated rings. The number of pyridine rings is 1. The molecule has 0 bridgehead atoms. The van der Waals surface area contributed by atoms with E-state index in [4.69, 9.17) is 4.98 Å². The fraction of sp³-hybridized carbons (Fsp3) is 0.393. The number of aryl methyl sites for hydroxylation is 4. The summed E-state index contributed by atoms with van der Waals surface area (Å²) in [5.74, 6) is 0. The molecule has 0 saturated carbocycles. The highest BCUT2D eigenvalue weighted by atomic mass is 15.2. The van der Waals surface area contributed by atoms with Gasteiger partial charge in [0, 0.05) is 30.7 Å². The number of nitrogens with zero attached hydrogens (tertiary/aromatic N) is 4. The lowest BCUT2D eigenvalue weighted by Crippen LogP contribution is -2.32. The third-order valence-corrected chi connectivity index (χ3v) is 6.24. The normalized spacial score (nSPS) is 11.8. The molecule has 0 unspecified atom stereocenters. The molecule has 4 nitrogen and oxygen atoms in total. The predicted molar refractivity (Wildman–Crippen MR) is 139 cm³/mol. The molecule has 168 valence electrons. The van der Waals surface area contributed by atoms with Gasteiger partial charge in [-0.2, -0.15) is 0 Å². The van der Waals surface area contributed by atoms with E-state index in [0.717, 1.165) is 37.4 Å². The van der Waals surface area contributed by atoms with E-state index in [2.05, 4.69) is 106 Å². The lowest BCUT2D eigenvalue weighted by Gasteiger charge is -2.27. The largest absolute Gasteiger partial charge is 0.370 e. The molecule has 32 heavy (non-hydrogen) atoms. The maximum Gasteiger partial charge on any atom is 0.147 e. The Balaban J connectivity index is 2.08. The summed E-state index contributed by atoms with van der Waals surface area (Å²) in [7, 11) is 4.29. The zero-order chi connectivity index (χ0) is 23.0. The standard InChI is InChI=1S/C28H36N4/c1-8-13-31(15-14-30(6)7)25-18-22(5)29-28-26(25)23-11-9-10-12-24(23)32(28)27-20(3)16-19(2)17-21(27)4/h9-12,16-18H,8,13-15H2,1-7H3. The molecule has 0 aliphatic heterocycles. The van der Waals surface area contributed by atoms with Gasteiger partial charge in [0.15, 0.2) is 0 Å². The van der Waals surface area contributed by atoms with Crippen LogP contribution in [-0.4, -0.2) is 48.2 Å². The first-order valence-electron chi connectivity index (χ1n) is 11.7. The van der Waals surface area contributed by atoms with Crippen LogP contribution in [0.4, 0.5) is 5.69 Å². The first kappa shape index (κ1) is 22.3. The molecule has 0 spiro atoms. The Morgan fingerprint density at radius 2 is 1.56 bits per heavy atom. The second-order valence-corrected chi connectivity index (χ2v) is 9.37. The molecule has 0 aliphatic rings. The summed E-state index contributed by atoms with van der Waals surface area (Å²) in [4.78, 5) is 9.92. The molecule has 0 aliphatic carbocycles. The van der Waals surface area contributed by atoms with Crippen LogP contribution in [0.5, 0.6) is 0 Å². The minimum absolute atomic E-state index is 1.00. The van der Waals surface area contributed by atoms with Crippen LogP contribution in [0.2, 0.25) is 0 Å². The molecule has 0 radical (unpaired) electrons. The van der Waals surface area contributed by atoms with E-state index in [0.29, 0.717) is 0 Å². The highest BCUT2D eigenvalue weighted by Crippen LogP contribution is 2.39. The predicted octanol–water partition coefficient (Wildman–Crippen LogP) is 6.19. The van der Waals surface area contributed by atoms with Crippen LogP contribution < -0.4 is 4.90 Å². The molecule has 2 aromatic heterocycles. The molecule has 0 atom stereocenters. The van der Waals surface area contributed by atoms with E-state index in [1.165, 1.54) is 44.4 Å². The van der Waals surface area contributed by atoms with Crippen molar-refractivity contribution < 1.29 is 0 Å². The summed E-state index contributed by atoms with van der Waals surface area (Å²) in [6.07, 6.45) is 1.12. The van der Waals surface area contributed by atoms with E-state index < -0.39 is 0 Å². The Morgan fingerprint density at radius 3 is 2.22 bits per heavy atom. The van der Waals surface area contributed by atoms with Crippen molar-refractivity contribution >= 4 is 27.6 Å². The zero-order valence-corrected chi connectivity index (χ0v) is 20.7. The van der Waals surface area contributed by atoms with Gasteiger partial charge in [0.25, 0.3) is 0 Å². The Morgan fingerprint density at radius 1 is 0.875 bits per heavy atom. The van der Waals surface area contributed by atoms with Crippen molar-refractivity contribution in [3.05, 3.63) is 64.8 Å². The number of likely N-dealkylation sites (N-methyl/N-ethyl adjacent to an activating group) is 1. The van der Waals surface area contributed by atoms with Crippen LogP contribution in [0.3, 0.4) is 0 Å². The molecule has 2 aromatic carbocycles. The zero-order valence-electron chi connectivity index (χ0n) is 20.7. The van der Waals surface area contributed by atoms with E-state index in [9.17, 15) is 0 Å². The molecule has 0 saturated heterocycles. The van der Waals surface area contributed by atoms with Crippen LogP contribution in [0.1, 0.15) is 35.7 Å². The average molecular weight is 429 g/mol. The van der Waals surface area contributed by atoms with Gasteiger partial charge in [-0.15, -0.1) is 0 Å². The maximum absolute atomic E-state index is 5.12. The van der Waals surface area contributed by atoms with E-state index in [-0.39, 0.29) is 0 Å². The molecular formula is C28H36N4. The number of aromatic nitrogens is 2. The van der Waals surface area contributed by atoms with Crippen molar-refractivity contribution in [3.8, 4) is 5.69 Å². The van der Waals surface area contributed by atoms with Crippen molar-refractivity contribution in [1.82, 2.24) is 14.5 Å². The number of anilines is 1. The number of para-hydroxylation sites is 1. The van der Waals surface area contributed by atoms with Gasteiger partial charge in [0.1, 0.15) is 5.65 Å². The summed E-state index contributed by atoms with van der Waals surface area (Å²) >= 11 is 0. The van der Waals surface area contributed by atoms with Crippen molar-refractivity contribution in [1.29, 1.82) is 0 Å². The molecule has 2 heterocycles. The fourth-order valence-corrected chi connectivity index (χ4v) is 5.00. The molecule has 0 amide bonds. The summed E-state index contributed by atoms with van der Waals surface area (Å²) in [6, 6.07) is 15.6. The number of hydrogen-bond donors (Lipinski definition) is 0. The summed E-state index contributed by atoms with van der Waals surface area (Å²) in [5, 5.41) is 2.54. The van der Waals surface area contributed by atoms with Gasteiger partial charge in [0.05, 0.1) is 22.3 Å². The van der Waals surface area contributed by atoms with E-state index in [1.54, 1.807) is 0 Å². The molecule has 0 N–H and O–H groups in total. The minimum atomic E-state index is 1.00. The van der Waals surface area contributed by atoms with Crippen LogP contribution >= 0.6 is 0 Å². The molecule has 4 rings (SSSR count). The van der Waals surface area contributed by atoms with Crippen LogP contribution in [0, 0.1) is 27.7 Å². The summed E-state index contributed by atoms with van der Waals surface area (Å²) in [5.41, 5.74) is 9.76. The third-order valence-electron chi connectivity index (χ3n) is 6.24. The van der Waals surface area contributed by atoms with Crippen molar-refractivity contribution in [2.45, 2.75) is 41.0 Å². The van der Waals surface area contributed by atoms with E-state index >= 15 is 0 Å². The van der Waals surface area contributed by atoms with Gasteiger partial charge in [0.2, 0.25) is 0 Å². The quantitative estimate of drug-likeness (QED) is 0.351. The number of hydrogen-bond acceptors (Lipinski definition) is 3. The fourth-order valence-electron chi connectivity index (χ4n) is 5.00. The minimum Gasteiger partial charge on any atom is -0.370 e. The molecular weight excluding hydrogens is 392 g/mol. The van der Waals surface area contributed by atoms with Crippen molar-refractivity contribution in [2.75, 3.05) is 38.6 Å². The Hall–Kier alpha value is -2.85. The lowest BCUT2D eigenvalue weighted by atomic mass is 10.0. The molecule has 4 heteroatoms. The SMILES string of the molecule is CCCN(CCN(C)C)c1cc(C)nc2c1c1ccccc1n2-c1c(C)cc(C)cc1C. The Labute approximate surface area is 192 Å². The number of benzene rings is 2. The average Bonchev–Trinajstić information content (AvgIpc) is 3.04. The van der Waals surface area contributed by atoms with E-state index in [1.807, 2.05) is 0 Å². The third kappa shape index (κ3) is 4.00. The number of rotatable bonds is 7. The molecule has 4 aromatic rings. The maximum atomic E-state index is 5.12. The van der Waals surface area contributed by atoms with Gasteiger partial charge >= 0.3 is 0 Å². The summed E-state index contributed by atoms with van der Waals surface area (Å²) < 4.78 is 2.39. The van der Waals surface area contributed by atoms with Crippen LogP contribution in [-0.2, 0) is 0 Å². The monoisotopic (exact) mass is 428 g/mol. The van der Waals surface area contributed by atoms with Gasteiger partial charge in [-0.05, 0) is 71.5 Å². The van der Waals surface area contributed by atoms with Gasteiger partial charge in [-0.25, -0.2) is 4.98 Å². The highest BCUT2D eigenvalue weighted by Gasteiger charge is 2.21. The van der Waals surface area contributed by atoms with Gasteiger partial charge in [-0.3, -0.25) is 4.57 Å². The second kappa shape index (κ2) is 8.95. The smallest absolute Gasteiger partial charge is 0.147 e. The van der Waals surface area contributed by atoms with Gasteiger partial charge < -0.3 is 9.80 Å². The first-order valence-corrected chi connectivity index (χ1v) is 11.7. The van der Waals surface area contributed by atoms with Gasteiger partial charge in [-0.1, -0.05) is 42.8 Å². The topological polar surface area (TPSA) is 24.3 Å². The lowest BCUT2D eigenvalue weighted by molar-refractivity contribution is 0.413. The second-order valence-electron chi connectivity index (χ2n) is 9.37. The number of fused-ring (bicyclic) bond motifs is 3. The van der Waals surface area contributed by atoms with Crippen LogP contribution in [0.25, 0.3) is 27.6 Å². The Bertz CT molecular complexity index is 1240. The Kier molecular flexibility index (Phi) is 6.25. The van der Waals surface area contributed by atoms with Crippen molar-refractivity contribution in [2.24, 2.45) is 0 Å². The van der Waals surface area contributed by atoms with Crippen LogP contribution in [0.15, 0.2) is 42.5 Å². The first-order chi connectivity index (χ1) is 15.3. The van der Waals surface area contributed by atoms with Crippen molar-refractivity contribution in [3.63, 3.8) is 0 Å².